The highest BCUT2D eigenvalue weighted by Crippen LogP contribution is 2.34. The number of sulfone groups is 1. The summed E-state index contributed by atoms with van der Waals surface area (Å²) in [6, 6.07) is 9.21. The second kappa shape index (κ2) is 14.3. The van der Waals surface area contributed by atoms with E-state index in [0.29, 0.717) is 16.3 Å². The van der Waals surface area contributed by atoms with E-state index >= 15 is 0 Å². The molecule has 1 aliphatic rings. The van der Waals surface area contributed by atoms with E-state index in [4.69, 9.17) is 9.84 Å². The molecule has 3 heterocycles. The third-order valence-electron chi connectivity index (χ3n) is 6.92. The smallest absolute Gasteiger partial charge is 0.433 e. The molecular formula is C29H35F3N4O6S. The molecule has 1 unspecified atom stereocenters. The van der Waals surface area contributed by atoms with Gasteiger partial charge in [-0.15, -0.1) is 17.9 Å². The summed E-state index contributed by atoms with van der Waals surface area (Å²) in [5.41, 5.74) is -0.803. The lowest BCUT2D eigenvalue weighted by atomic mass is 10.0. The Morgan fingerprint density at radius 2 is 1.74 bits per heavy atom. The maximum Gasteiger partial charge on any atom is 0.433 e. The van der Waals surface area contributed by atoms with Crippen LogP contribution in [0.5, 0.6) is 11.6 Å². The Kier molecular flexibility index (Phi) is 11.6. The molecule has 1 amide bonds. The van der Waals surface area contributed by atoms with Gasteiger partial charge in [0.25, 0.3) is 5.56 Å². The first kappa shape index (κ1) is 34.9. The van der Waals surface area contributed by atoms with E-state index in [1.807, 2.05) is 13.8 Å². The van der Waals surface area contributed by atoms with Gasteiger partial charge in [0.05, 0.1) is 4.90 Å². The molecule has 0 spiro atoms. The first-order valence-corrected chi connectivity index (χ1v) is 15.1. The van der Waals surface area contributed by atoms with E-state index in [0.717, 1.165) is 37.7 Å². The Morgan fingerprint density at radius 1 is 1.14 bits per heavy atom. The van der Waals surface area contributed by atoms with Crippen molar-refractivity contribution >= 4 is 15.9 Å². The van der Waals surface area contributed by atoms with E-state index in [2.05, 4.69) is 24.9 Å². The number of amides is 1. The number of aryl methyl sites for hydroxylation is 1. The number of nitrogens with zero attached hydrogens (tertiary/aromatic N) is 4. The SMILES string of the molecule is C#C.CCC[C@H]1C[C@@H](C)C(C)N1C(=O)Oc1cc(C(F)(F)F)n(C)n1.CS(=O)(=O)c1ccc(-n2ccc(O)cc2=O)cc1. The maximum atomic E-state index is 12.8. The van der Waals surface area contributed by atoms with E-state index in [-0.39, 0.29) is 34.2 Å². The number of benzene rings is 1. The zero-order valence-electron chi connectivity index (χ0n) is 24.4. The fraction of sp³-hybridized carbons (Fsp3) is 0.414. The van der Waals surface area contributed by atoms with Gasteiger partial charge in [-0.1, -0.05) is 20.3 Å². The molecule has 43 heavy (non-hydrogen) atoms. The number of likely N-dealkylation sites (tertiary alicyclic amines) is 1. The van der Waals surface area contributed by atoms with Gasteiger partial charge in [-0.05, 0) is 56.0 Å². The van der Waals surface area contributed by atoms with Gasteiger partial charge in [-0.2, -0.15) is 13.2 Å². The Balaban J connectivity index is 0.000000291. The number of carbonyl (C=O) groups excluding carboxylic acids is 1. The monoisotopic (exact) mass is 624 g/mol. The number of hydrogen-bond donors (Lipinski definition) is 1. The van der Waals surface area contributed by atoms with Crippen LogP contribution in [0.15, 0.2) is 58.4 Å². The highest BCUT2D eigenvalue weighted by atomic mass is 32.2. The summed E-state index contributed by atoms with van der Waals surface area (Å²) in [7, 11) is -2.08. The van der Waals surface area contributed by atoms with Crippen LogP contribution in [0.2, 0.25) is 0 Å². The lowest BCUT2D eigenvalue weighted by molar-refractivity contribution is -0.143. The second-order valence-electron chi connectivity index (χ2n) is 10.0. The summed E-state index contributed by atoms with van der Waals surface area (Å²) in [6.45, 7) is 6.02. The minimum absolute atomic E-state index is 0.00940. The number of pyridine rings is 1. The van der Waals surface area contributed by atoms with Gasteiger partial charge < -0.3 is 14.7 Å². The average Bonchev–Trinajstić information content (AvgIpc) is 3.43. The van der Waals surface area contributed by atoms with Gasteiger partial charge in [0.2, 0.25) is 5.88 Å². The number of carbonyl (C=O) groups is 1. The van der Waals surface area contributed by atoms with Crippen LogP contribution in [-0.4, -0.2) is 57.2 Å². The Morgan fingerprint density at radius 3 is 2.23 bits per heavy atom. The van der Waals surface area contributed by atoms with E-state index < -0.39 is 27.8 Å². The normalized spacial score (nSPS) is 18.2. The molecule has 2 aromatic heterocycles. The number of rotatable bonds is 5. The standard InChI is InChI=1S/C15H22F3N3O2.C12H11NO4S.C2H2/c1-5-6-11-7-9(2)10(3)21(11)14(22)23-13-8-12(15(16,17)18)20(4)19-13;1-18(16,17)11-4-2-9(3-5-11)13-7-6-10(14)8-12(13)15;1-2/h8-11H,5-7H2,1-4H3;2-8,14H,1H3;1-2H/t9-,10?,11+;;/m1../s1. The van der Waals surface area contributed by atoms with Crippen molar-refractivity contribution in [2.45, 2.75) is 63.2 Å². The number of terminal acetylenes is 1. The number of halogens is 3. The third kappa shape index (κ3) is 8.87. The van der Waals surface area contributed by atoms with Gasteiger partial charge in [-0.25, -0.2) is 13.2 Å². The average molecular weight is 625 g/mol. The molecule has 14 heteroatoms. The van der Waals surface area contributed by atoms with Crippen LogP contribution in [-0.2, 0) is 23.1 Å². The molecule has 234 valence electrons. The molecule has 3 aromatic rings. The van der Waals surface area contributed by atoms with E-state index in [1.165, 1.54) is 48.1 Å². The van der Waals surface area contributed by atoms with Crippen LogP contribution in [0.1, 0.15) is 45.7 Å². The molecule has 0 aliphatic carbocycles. The van der Waals surface area contributed by atoms with Gasteiger partial charge in [-0.3, -0.25) is 14.0 Å². The molecule has 1 saturated heterocycles. The van der Waals surface area contributed by atoms with Crippen molar-refractivity contribution in [3.8, 4) is 30.2 Å². The maximum absolute atomic E-state index is 12.8. The van der Waals surface area contributed by atoms with Gasteiger partial charge in [0.15, 0.2) is 9.84 Å². The molecular weight excluding hydrogens is 589 g/mol. The highest BCUT2D eigenvalue weighted by molar-refractivity contribution is 7.90. The van der Waals surface area contributed by atoms with Gasteiger partial charge in [0, 0.05) is 49.4 Å². The number of aromatic hydroxyl groups is 1. The van der Waals surface area contributed by atoms with Crippen molar-refractivity contribution in [2.75, 3.05) is 6.26 Å². The van der Waals surface area contributed by atoms with Crippen molar-refractivity contribution in [3.05, 3.63) is 64.7 Å². The van der Waals surface area contributed by atoms with Crippen molar-refractivity contribution in [1.82, 2.24) is 19.2 Å². The van der Waals surface area contributed by atoms with Crippen molar-refractivity contribution in [2.24, 2.45) is 13.0 Å². The first-order valence-electron chi connectivity index (χ1n) is 13.2. The summed E-state index contributed by atoms with van der Waals surface area (Å²) in [6.07, 6.45) is 8.02. The molecule has 3 atom stereocenters. The molecule has 1 aliphatic heterocycles. The predicted octanol–water partition coefficient (Wildman–Crippen LogP) is 5.03. The summed E-state index contributed by atoms with van der Waals surface area (Å²) in [5.74, 6) is -0.107. The molecule has 1 fully saturated rings. The van der Waals surface area contributed by atoms with Crippen LogP contribution in [0.4, 0.5) is 18.0 Å². The zero-order chi connectivity index (χ0) is 32.7. The van der Waals surface area contributed by atoms with Crippen LogP contribution in [0.25, 0.3) is 5.69 Å². The number of aromatic nitrogens is 3. The fourth-order valence-electron chi connectivity index (χ4n) is 4.69. The number of hydrogen-bond acceptors (Lipinski definition) is 7. The van der Waals surface area contributed by atoms with Crippen molar-refractivity contribution < 1.29 is 36.2 Å². The molecule has 1 N–H and O–H groups in total. The molecule has 1 aromatic carbocycles. The fourth-order valence-corrected chi connectivity index (χ4v) is 5.32. The molecule has 4 rings (SSSR count). The van der Waals surface area contributed by atoms with Crippen LogP contribution >= 0.6 is 0 Å². The van der Waals surface area contributed by atoms with E-state index in [9.17, 15) is 31.2 Å². The third-order valence-corrected chi connectivity index (χ3v) is 8.05. The summed E-state index contributed by atoms with van der Waals surface area (Å²) in [5, 5.41) is 12.8. The molecule has 10 nitrogen and oxygen atoms in total. The Hall–Kier alpha value is -4.25. The molecule has 0 bridgehead atoms. The molecule has 0 radical (unpaired) electrons. The topological polar surface area (TPSA) is 124 Å². The second-order valence-corrected chi connectivity index (χ2v) is 12.0. The quantitative estimate of drug-likeness (QED) is 0.395. The minimum atomic E-state index is -4.54. The highest BCUT2D eigenvalue weighted by Gasteiger charge is 2.40. The van der Waals surface area contributed by atoms with Crippen LogP contribution in [0.3, 0.4) is 0 Å². The number of alkyl halides is 3. The summed E-state index contributed by atoms with van der Waals surface area (Å²) < 4.78 is 68.0. The van der Waals surface area contributed by atoms with Gasteiger partial charge in [0.1, 0.15) is 11.4 Å². The Bertz CT molecular complexity index is 1580. The lowest BCUT2D eigenvalue weighted by Crippen LogP contribution is -2.42. The first-order chi connectivity index (χ1) is 20.0. The summed E-state index contributed by atoms with van der Waals surface area (Å²) in [4.78, 5) is 25.8. The zero-order valence-corrected chi connectivity index (χ0v) is 25.3. The van der Waals surface area contributed by atoms with Crippen molar-refractivity contribution in [3.63, 3.8) is 0 Å². The van der Waals surface area contributed by atoms with E-state index in [1.54, 1.807) is 4.90 Å². The van der Waals surface area contributed by atoms with Crippen LogP contribution < -0.4 is 10.3 Å². The lowest BCUT2D eigenvalue weighted by Gasteiger charge is -2.27. The van der Waals surface area contributed by atoms with Crippen molar-refractivity contribution in [1.29, 1.82) is 0 Å². The minimum Gasteiger partial charge on any atom is -0.508 e. The van der Waals surface area contributed by atoms with Gasteiger partial charge >= 0.3 is 12.3 Å². The Labute approximate surface area is 248 Å². The molecule has 0 saturated carbocycles. The largest absolute Gasteiger partial charge is 0.508 e. The number of ether oxygens (including phenoxy) is 1. The summed E-state index contributed by atoms with van der Waals surface area (Å²) >= 11 is 0. The predicted molar refractivity (Wildman–Crippen MR) is 155 cm³/mol. The van der Waals surface area contributed by atoms with Crippen LogP contribution in [0, 0.1) is 18.8 Å².